The van der Waals surface area contributed by atoms with E-state index in [4.69, 9.17) is 11.6 Å². The zero-order valence-corrected chi connectivity index (χ0v) is 17.8. The highest BCUT2D eigenvalue weighted by molar-refractivity contribution is 6.32. The molecule has 1 aromatic heterocycles. The summed E-state index contributed by atoms with van der Waals surface area (Å²) in [6.07, 6.45) is 4.60. The van der Waals surface area contributed by atoms with E-state index in [1.165, 1.54) is 0 Å². The van der Waals surface area contributed by atoms with E-state index in [0.29, 0.717) is 42.5 Å². The quantitative estimate of drug-likeness (QED) is 0.700. The third-order valence-corrected chi connectivity index (χ3v) is 5.59. The van der Waals surface area contributed by atoms with Gasteiger partial charge in [-0.05, 0) is 38.3 Å². The number of nitrogens with one attached hydrogen (secondary N) is 1. The van der Waals surface area contributed by atoms with E-state index in [-0.39, 0.29) is 23.6 Å². The second-order valence-electron chi connectivity index (χ2n) is 7.41. The Bertz CT molecular complexity index is 859. The monoisotopic (exact) mass is 417 g/mol. The van der Waals surface area contributed by atoms with Crippen LogP contribution in [0.15, 0.2) is 24.3 Å². The van der Waals surface area contributed by atoms with Crippen LogP contribution in [0.4, 0.5) is 0 Å². The topological polar surface area (TPSA) is 80.1 Å². The van der Waals surface area contributed by atoms with E-state index in [9.17, 15) is 9.59 Å². The lowest BCUT2D eigenvalue weighted by Gasteiger charge is -2.30. The van der Waals surface area contributed by atoms with Gasteiger partial charge in [-0.25, -0.2) is 9.67 Å². The zero-order valence-electron chi connectivity index (χ0n) is 17.0. The van der Waals surface area contributed by atoms with Crippen LogP contribution in [0.3, 0.4) is 0 Å². The molecule has 0 atom stereocenters. The molecular formula is C21H28ClN5O2. The van der Waals surface area contributed by atoms with Crippen LogP contribution < -0.4 is 5.32 Å². The summed E-state index contributed by atoms with van der Waals surface area (Å²) in [6, 6.07) is 7.32. The van der Waals surface area contributed by atoms with Gasteiger partial charge < -0.3 is 10.2 Å². The molecule has 3 rings (SSSR count). The number of nitrogens with zero attached hydrogens (tertiary/aromatic N) is 4. The molecule has 0 aliphatic carbocycles. The lowest BCUT2D eigenvalue weighted by molar-refractivity contribution is -0.126. The molecule has 0 bridgehead atoms. The highest BCUT2D eigenvalue weighted by Crippen LogP contribution is 2.22. The van der Waals surface area contributed by atoms with Crippen molar-refractivity contribution in [1.29, 1.82) is 0 Å². The second-order valence-corrected chi connectivity index (χ2v) is 7.82. The fourth-order valence-corrected chi connectivity index (χ4v) is 3.77. The van der Waals surface area contributed by atoms with Gasteiger partial charge in [-0.15, -0.1) is 5.10 Å². The van der Waals surface area contributed by atoms with Crippen LogP contribution in [0.2, 0.25) is 5.02 Å². The number of hydrogen-bond donors (Lipinski definition) is 1. The Kier molecular flexibility index (Phi) is 7.25. The van der Waals surface area contributed by atoms with Gasteiger partial charge in [0.05, 0.1) is 10.7 Å². The molecule has 7 nitrogen and oxygen atoms in total. The first-order valence-electron chi connectivity index (χ1n) is 10.3. The lowest BCUT2D eigenvalue weighted by Crippen LogP contribution is -2.43. The van der Waals surface area contributed by atoms with Gasteiger partial charge >= 0.3 is 0 Å². The van der Waals surface area contributed by atoms with Crippen LogP contribution in [0.1, 0.15) is 55.5 Å². The van der Waals surface area contributed by atoms with Crippen molar-refractivity contribution in [1.82, 2.24) is 25.0 Å². The van der Waals surface area contributed by atoms with E-state index in [1.54, 1.807) is 22.6 Å². The Labute approximate surface area is 176 Å². The summed E-state index contributed by atoms with van der Waals surface area (Å²) < 4.78 is 1.59. The number of para-hydroxylation sites is 1. The normalized spacial score (nSPS) is 14.8. The molecule has 2 aromatic rings. The van der Waals surface area contributed by atoms with E-state index in [2.05, 4.69) is 22.3 Å². The van der Waals surface area contributed by atoms with Gasteiger partial charge in [0.25, 0.3) is 5.91 Å². The molecule has 156 valence electrons. The van der Waals surface area contributed by atoms with E-state index >= 15 is 0 Å². The maximum Gasteiger partial charge on any atom is 0.293 e. The molecule has 0 unspecified atom stereocenters. The van der Waals surface area contributed by atoms with Crippen molar-refractivity contribution in [3.8, 4) is 5.69 Å². The predicted molar refractivity (Wildman–Crippen MR) is 112 cm³/mol. The van der Waals surface area contributed by atoms with Gasteiger partial charge in [0, 0.05) is 25.6 Å². The number of piperidine rings is 1. The number of aryl methyl sites for hydroxylation is 1. The van der Waals surface area contributed by atoms with Crippen molar-refractivity contribution in [3.63, 3.8) is 0 Å². The Morgan fingerprint density at radius 2 is 1.93 bits per heavy atom. The van der Waals surface area contributed by atoms with Crippen LogP contribution in [0.25, 0.3) is 5.69 Å². The molecule has 1 aliphatic rings. The maximum absolute atomic E-state index is 12.9. The second kappa shape index (κ2) is 9.87. The van der Waals surface area contributed by atoms with E-state index in [0.717, 1.165) is 25.8 Å². The van der Waals surface area contributed by atoms with Crippen LogP contribution in [-0.2, 0) is 4.79 Å². The minimum Gasteiger partial charge on any atom is -0.356 e. The Morgan fingerprint density at radius 3 is 2.62 bits per heavy atom. The fourth-order valence-electron chi connectivity index (χ4n) is 3.55. The van der Waals surface area contributed by atoms with Crippen LogP contribution in [0, 0.1) is 12.8 Å². The minimum absolute atomic E-state index is 0.0314. The van der Waals surface area contributed by atoms with Gasteiger partial charge in [-0.3, -0.25) is 9.59 Å². The Morgan fingerprint density at radius 1 is 1.21 bits per heavy atom. The largest absolute Gasteiger partial charge is 0.356 e. The molecule has 29 heavy (non-hydrogen) atoms. The molecule has 0 spiro atoms. The number of rotatable bonds is 7. The van der Waals surface area contributed by atoms with Gasteiger partial charge in [-0.2, -0.15) is 0 Å². The first-order valence-corrected chi connectivity index (χ1v) is 10.6. The molecule has 1 N–H and O–H groups in total. The van der Waals surface area contributed by atoms with Crippen molar-refractivity contribution < 1.29 is 9.59 Å². The van der Waals surface area contributed by atoms with Crippen LogP contribution >= 0.6 is 11.6 Å². The van der Waals surface area contributed by atoms with Crippen molar-refractivity contribution in [3.05, 3.63) is 40.9 Å². The van der Waals surface area contributed by atoms with Crippen LogP contribution in [-0.4, -0.2) is 51.1 Å². The molecule has 8 heteroatoms. The lowest BCUT2D eigenvalue weighted by atomic mass is 9.95. The number of likely N-dealkylation sites (tertiary alicyclic amines) is 1. The summed E-state index contributed by atoms with van der Waals surface area (Å²) in [5, 5.41) is 7.94. The highest BCUT2D eigenvalue weighted by Gasteiger charge is 2.29. The summed E-state index contributed by atoms with van der Waals surface area (Å²) >= 11 is 6.25. The Hall–Kier alpha value is -2.41. The number of unbranched alkanes of at least 4 members (excludes halogenated alkanes) is 2. The third-order valence-electron chi connectivity index (χ3n) is 5.27. The molecule has 0 radical (unpaired) electrons. The summed E-state index contributed by atoms with van der Waals surface area (Å²) in [7, 11) is 0. The van der Waals surface area contributed by atoms with Gasteiger partial charge in [-0.1, -0.05) is 43.5 Å². The molecule has 1 saturated heterocycles. The summed E-state index contributed by atoms with van der Waals surface area (Å²) in [4.78, 5) is 31.2. The molecule has 2 amide bonds. The molecule has 2 heterocycles. The molecule has 1 aromatic carbocycles. The average Bonchev–Trinajstić information content (AvgIpc) is 3.12. The average molecular weight is 418 g/mol. The number of hydrogen-bond acceptors (Lipinski definition) is 4. The summed E-state index contributed by atoms with van der Waals surface area (Å²) in [5.74, 6) is 0.620. The fraction of sp³-hybridized carbons (Fsp3) is 0.524. The van der Waals surface area contributed by atoms with Crippen LogP contribution in [0.5, 0.6) is 0 Å². The number of amides is 2. The summed E-state index contributed by atoms with van der Waals surface area (Å²) in [6.45, 7) is 5.73. The minimum atomic E-state index is -0.208. The standard InChI is InChI=1S/C21H28ClN5O2/c1-3-4-7-12-23-20(28)16-10-13-26(14-11-16)21(29)19-24-15(2)27(25-19)18-9-6-5-8-17(18)22/h5-6,8-9,16H,3-4,7,10-14H2,1-2H3,(H,23,28). The first-order chi connectivity index (χ1) is 14.0. The maximum atomic E-state index is 12.9. The number of halogens is 1. The SMILES string of the molecule is CCCCCNC(=O)C1CCN(C(=O)c2nc(C)n(-c3ccccc3Cl)n2)CC1. The van der Waals surface area contributed by atoms with Gasteiger partial charge in [0.15, 0.2) is 0 Å². The Balaban J connectivity index is 1.58. The van der Waals surface area contributed by atoms with Gasteiger partial charge in [0.1, 0.15) is 5.82 Å². The highest BCUT2D eigenvalue weighted by atomic mass is 35.5. The summed E-state index contributed by atoms with van der Waals surface area (Å²) in [5.41, 5.74) is 0.691. The first kappa shape index (κ1) is 21.3. The van der Waals surface area contributed by atoms with Crippen molar-refractivity contribution in [2.45, 2.75) is 46.0 Å². The number of carbonyl (C=O) groups excluding carboxylic acids is 2. The van der Waals surface area contributed by atoms with Crippen molar-refractivity contribution in [2.24, 2.45) is 5.92 Å². The molecule has 0 saturated carbocycles. The third kappa shape index (κ3) is 5.15. The van der Waals surface area contributed by atoms with E-state index < -0.39 is 0 Å². The molecular weight excluding hydrogens is 390 g/mol. The predicted octanol–water partition coefficient (Wildman–Crippen LogP) is 3.39. The van der Waals surface area contributed by atoms with E-state index in [1.807, 2.05) is 18.2 Å². The number of aromatic nitrogens is 3. The van der Waals surface area contributed by atoms with Crippen molar-refractivity contribution >= 4 is 23.4 Å². The number of benzene rings is 1. The van der Waals surface area contributed by atoms with Crippen molar-refractivity contribution in [2.75, 3.05) is 19.6 Å². The smallest absolute Gasteiger partial charge is 0.293 e. The number of carbonyl (C=O) groups is 2. The molecule has 1 aliphatic heterocycles. The molecule has 1 fully saturated rings. The van der Waals surface area contributed by atoms with Gasteiger partial charge in [0.2, 0.25) is 11.7 Å². The zero-order chi connectivity index (χ0) is 20.8.